The number of carbonyl (C=O) groups is 3. The Labute approximate surface area is 144 Å². The average Bonchev–Trinajstić information content (AvgIpc) is 2.53. The molecule has 0 atom stereocenters. The summed E-state index contributed by atoms with van der Waals surface area (Å²) in [4.78, 5) is 34.4. The summed E-state index contributed by atoms with van der Waals surface area (Å²) in [6.07, 6.45) is -0.152. The number of nitrogens with one attached hydrogen (secondary N) is 2. The van der Waals surface area contributed by atoms with E-state index in [4.69, 9.17) is 27.4 Å². The molecule has 24 heavy (non-hydrogen) atoms. The van der Waals surface area contributed by atoms with Crippen LogP contribution in [0.25, 0.3) is 0 Å². The van der Waals surface area contributed by atoms with E-state index in [9.17, 15) is 14.4 Å². The van der Waals surface area contributed by atoms with Gasteiger partial charge in [-0.15, -0.1) is 0 Å². The van der Waals surface area contributed by atoms with E-state index in [1.54, 1.807) is 18.2 Å². The molecule has 0 heterocycles. The van der Waals surface area contributed by atoms with Gasteiger partial charge in [-0.05, 0) is 24.4 Å². The molecular formula is C15H19N3O5S. The Bertz CT molecular complexity index is 621. The summed E-state index contributed by atoms with van der Waals surface area (Å²) in [6, 6.07) is 6.48. The van der Waals surface area contributed by atoms with Crippen molar-refractivity contribution in [2.75, 3.05) is 25.6 Å². The fourth-order valence-corrected chi connectivity index (χ4v) is 1.90. The molecule has 0 radical (unpaired) electrons. The van der Waals surface area contributed by atoms with Crippen molar-refractivity contribution >= 4 is 40.8 Å². The zero-order valence-electron chi connectivity index (χ0n) is 13.2. The van der Waals surface area contributed by atoms with Crippen molar-refractivity contribution in [2.24, 2.45) is 5.73 Å². The van der Waals surface area contributed by atoms with Gasteiger partial charge in [-0.25, -0.2) is 0 Å². The number of hydrogen-bond acceptors (Lipinski definition) is 6. The number of hydrogen-bond donors (Lipinski definition) is 3. The SMILES string of the molecule is COCCOC(=O)CCC(=O)NC(=S)Nc1ccccc1C(N)=O. The van der Waals surface area contributed by atoms with E-state index >= 15 is 0 Å². The van der Waals surface area contributed by atoms with Gasteiger partial charge < -0.3 is 25.8 Å². The van der Waals surface area contributed by atoms with E-state index in [-0.39, 0.29) is 30.1 Å². The van der Waals surface area contributed by atoms with Crippen LogP contribution in [-0.2, 0) is 19.1 Å². The van der Waals surface area contributed by atoms with Crippen LogP contribution in [0.4, 0.5) is 5.69 Å². The van der Waals surface area contributed by atoms with Gasteiger partial charge in [-0.3, -0.25) is 14.4 Å². The lowest BCUT2D eigenvalue weighted by molar-refractivity contribution is -0.146. The van der Waals surface area contributed by atoms with Crippen molar-refractivity contribution in [3.8, 4) is 0 Å². The van der Waals surface area contributed by atoms with Gasteiger partial charge in [0.1, 0.15) is 6.61 Å². The molecule has 0 unspecified atom stereocenters. The zero-order chi connectivity index (χ0) is 17.9. The minimum Gasteiger partial charge on any atom is -0.463 e. The molecular weight excluding hydrogens is 334 g/mol. The summed E-state index contributed by atoms with van der Waals surface area (Å²) in [7, 11) is 1.49. The van der Waals surface area contributed by atoms with Crippen LogP contribution in [0, 0.1) is 0 Å². The number of rotatable bonds is 8. The highest BCUT2D eigenvalue weighted by Crippen LogP contribution is 2.13. The number of ether oxygens (including phenoxy) is 2. The van der Waals surface area contributed by atoms with Crippen LogP contribution in [0.15, 0.2) is 24.3 Å². The minimum atomic E-state index is -0.619. The molecule has 1 aromatic rings. The summed E-state index contributed by atoms with van der Waals surface area (Å²) < 4.78 is 9.57. The molecule has 0 saturated heterocycles. The molecule has 0 spiro atoms. The third-order valence-electron chi connectivity index (χ3n) is 2.80. The van der Waals surface area contributed by atoms with Crippen LogP contribution in [0.3, 0.4) is 0 Å². The smallest absolute Gasteiger partial charge is 0.306 e. The Balaban J connectivity index is 2.41. The zero-order valence-corrected chi connectivity index (χ0v) is 14.0. The molecule has 0 fully saturated rings. The number of anilines is 1. The molecule has 4 N–H and O–H groups in total. The first-order valence-electron chi connectivity index (χ1n) is 7.08. The van der Waals surface area contributed by atoms with E-state index in [2.05, 4.69) is 10.6 Å². The topological polar surface area (TPSA) is 120 Å². The normalized spacial score (nSPS) is 9.88. The minimum absolute atomic E-state index is 0.00134. The predicted octanol–water partition coefficient (Wildman–Crippen LogP) is 0.568. The Morgan fingerprint density at radius 3 is 2.54 bits per heavy atom. The number of thiocarbonyl (C=S) groups is 1. The highest BCUT2D eigenvalue weighted by molar-refractivity contribution is 7.80. The molecule has 0 bridgehead atoms. The second kappa shape index (κ2) is 10.3. The lowest BCUT2D eigenvalue weighted by atomic mass is 10.1. The number of methoxy groups -OCH3 is 1. The van der Waals surface area contributed by atoms with Gasteiger partial charge in [-0.1, -0.05) is 12.1 Å². The number of primary amides is 1. The summed E-state index contributed by atoms with van der Waals surface area (Å²) in [5.74, 6) is -1.57. The number of carbonyl (C=O) groups excluding carboxylic acids is 3. The first-order valence-corrected chi connectivity index (χ1v) is 7.49. The maximum atomic E-state index is 11.7. The molecule has 1 aromatic carbocycles. The molecule has 2 amide bonds. The second-order valence-corrected chi connectivity index (χ2v) is 5.03. The molecule has 130 valence electrons. The Hall–Kier alpha value is -2.52. The van der Waals surface area contributed by atoms with Crippen LogP contribution in [0.2, 0.25) is 0 Å². The standard InChI is InChI=1S/C15H19N3O5S/c1-22-8-9-23-13(20)7-6-12(19)18-15(24)17-11-5-3-2-4-10(11)14(16)21/h2-5H,6-9H2,1H3,(H2,16,21)(H2,17,18,19,24). The van der Waals surface area contributed by atoms with Crippen molar-refractivity contribution in [1.29, 1.82) is 0 Å². The van der Waals surface area contributed by atoms with Gasteiger partial charge in [-0.2, -0.15) is 0 Å². The Morgan fingerprint density at radius 1 is 1.17 bits per heavy atom. The average molecular weight is 353 g/mol. The maximum absolute atomic E-state index is 11.7. The van der Waals surface area contributed by atoms with Crippen molar-refractivity contribution in [1.82, 2.24) is 5.32 Å². The van der Waals surface area contributed by atoms with Crippen molar-refractivity contribution in [3.63, 3.8) is 0 Å². The van der Waals surface area contributed by atoms with Crippen LogP contribution in [0.1, 0.15) is 23.2 Å². The largest absolute Gasteiger partial charge is 0.463 e. The maximum Gasteiger partial charge on any atom is 0.306 e. The molecule has 0 aliphatic rings. The number of benzene rings is 1. The van der Waals surface area contributed by atoms with Crippen molar-refractivity contribution in [2.45, 2.75) is 12.8 Å². The lowest BCUT2D eigenvalue weighted by Crippen LogP contribution is -2.35. The van der Waals surface area contributed by atoms with E-state index in [1.807, 2.05) is 0 Å². The second-order valence-electron chi connectivity index (χ2n) is 4.63. The molecule has 1 rings (SSSR count). The molecule has 8 nitrogen and oxygen atoms in total. The van der Waals surface area contributed by atoms with E-state index < -0.39 is 17.8 Å². The monoisotopic (exact) mass is 353 g/mol. The lowest BCUT2D eigenvalue weighted by Gasteiger charge is -2.11. The molecule has 0 saturated carbocycles. The molecule has 0 aliphatic carbocycles. The van der Waals surface area contributed by atoms with Crippen molar-refractivity contribution in [3.05, 3.63) is 29.8 Å². The van der Waals surface area contributed by atoms with Crippen LogP contribution < -0.4 is 16.4 Å². The molecule has 0 aliphatic heterocycles. The summed E-state index contributed by atoms with van der Waals surface area (Å²) >= 11 is 5.00. The van der Waals surface area contributed by atoms with E-state index in [0.717, 1.165) is 0 Å². The Morgan fingerprint density at radius 2 is 1.88 bits per heavy atom. The van der Waals surface area contributed by atoms with Gasteiger partial charge in [0.15, 0.2) is 5.11 Å². The van der Waals surface area contributed by atoms with Crippen molar-refractivity contribution < 1.29 is 23.9 Å². The third kappa shape index (κ3) is 7.16. The highest BCUT2D eigenvalue weighted by atomic mass is 32.1. The van der Waals surface area contributed by atoms with Crippen LogP contribution in [0.5, 0.6) is 0 Å². The third-order valence-corrected chi connectivity index (χ3v) is 3.00. The number of amides is 2. The van der Waals surface area contributed by atoms with Gasteiger partial charge in [0.2, 0.25) is 5.91 Å². The summed E-state index contributed by atoms with van der Waals surface area (Å²) in [6.45, 7) is 0.437. The van der Waals surface area contributed by atoms with E-state index in [0.29, 0.717) is 12.3 Å². The first kappa shape index (κ1) is 19.5. The Kier molecular flexibility index (Phi) is 8.37. The van der Waals surface area contributed by atoms with E-state index in [1.165, 1.54) is 13.2 Å². The molecule has 9 heteroatoms. The number of para-hydroxylation sites is 1. The fourth-order valence-electron chi connectivity index (χ4n) is 1.68. The van der Waals surface area contributed by atoms with Crippen LogP contribution in [-0.4, -0.2) is 43.2 Å². The molecule has 0 aromatic heterocycles. The van der Waals surface area contributed by atoms with Gasteiger partial charge >= 0.3 is 5.97 Å². The predicted molar refractivity (Wildman–Crippen MR) is 91.4 cm³/mol. The fraction of sp³-hybridized carbons (Fsp3) is 0.333. The highest BCUT2D eigenvalue weighted by Gasteiger charge is 2.12. The number of esters is 1. The quantitative estimate of drug-likeness (QED) is 0.355. The van der Waals surface area contributed by atoms with Gasteiger partial charge in [0.05, 0.1) is 24.3 Å². The summed E-state index contributed by atoms with van der Waals surface area (Å²) in [5.41, 5.74) is 5.88. The first-order chi connectivity index (χ1) is 11.4. The summed E-state index contributed by atoms with van der Waals surface area (Å²) in [5, 5.41) is 5.13. The van der Waals surface area contributed by atoms with Crippen LogP contribution >= 0.6 is 12.2 Å². The number of nitrogens with two attached hydrogens (primary N) is 1. The van der Waals surface area contributed by atoms with Gasteiger partial charge in [0.25, 0.3) is 5.91 Å². The van der Waals surface area contributed by atoms with Gasteiger partial charge in [0, 0.05) is 13.5 Å².